The van der Waals surface area contributed by atoms with Gasteiger partial charge in [0.2, 0.25) is 5.91 Å². The second-order valence-corrected chi connectivity index (χ2v) is 7.42. The predicted molar refractivity (Wildman–Crippen MR) is 98.0 cm³/mol. The summed E-state index contributed by atoms with van der Waals surface area (Å²) >= 11 is 0. The quantitative estimate of drug-likeness (QED) is 0.631. The second-order valence-electron chi connectivity index (χ2n) is 7.42. The van der Waals surface area contributed by atoms with E-state index in [4.69, 9.17) is 0 Å². The van der Waals surface area contributed by atoms with Gasteiger partial charge in [-0.3, -0.25) is 14.5 Å². The molecule has 0 aliphatic heterocycles. The van der Waals surface area contributed by atoms with E-state index in [2.05, 4.69) is 34.6 Å². The summed E-state index contributed by atoms with van der Waals surface area (Å²) in [5.74, 6) is 0.987. The van der Waals surface area contributed by atoms with Crippen molar-refractivity contribution in [2.45, 2.75) is 52.6 Å². The average Bonchev–Trinajstić information content (AvgIpc) is 2.78. The van der Waals surface area contributed by atoms with Crippen LogP contribution in [0.2, 0.25) is 0 Å². The first-order valence-electron chi connectivity index (χ1n) is 8.28. The molecule has 136 valence electrons. The molecule has 7 nitrogen and oxygen atoms in total. The zero-order valence-electron chi connectivity index (χ0n) is 16.3. The molecule has 0 unspecified atom stereocenters. The summed E-state index contributed by atoms with van der Waals surface area (Å²) in [7, 11) is 5.60. The van der Waals surface area contributed by atoms with E-state index in [1.807, 2.05) is 50.6 Å². The van der Waals surface area contributed by atoms with Crippen LogP contribution in [0.5, 0.6) is 0 Å². The van der Waals surface area contributed by atoms with Crippen molar-refractivity contribution in [1.82, 2.24) is 25.3 Å². The Hall–Kier alpha value is -2.05. The lowest BCUT2D eigenvalue weighted by Gasteiger charge is -2.24. The van der Waals surface area contributed by atoms with Crippen molar-refractivity contribution in [2.24, 2.45) is 12.0 Å². The van der Waals surface area contributed by atoms with Gasteiger partial charge in [0.25, 0.3) is 0 Å². The minimum Gasteiger partial charge on any atom is -0.350 e. The van der Waals surface area contributed by atoms with Crippen LogP contribution in [0.25, 0.3) is 0 Å². The molecule has 1 aromatic heterocycles. The number of aryl methyl sites for hydroxylation is 1. The van der Waals surface area contributed by atoms with Crippen LogP contribution in [0.15, 0.2) is 11.2 Å². The highest BCUT2D eigenvalue weighted by Gasteiger charge is 2.17. The Balaban J connectivity index is 2.68. The van der Waals surface area contributed by atoms with Gasteiger partial charge in [0.05, 0.1) is 12.2 Å². The third-order valence-electron chi connectivity index (χ3n) is 3.39. The molecule has 1 aromatic rings. The Bertz CT molecular complexity index is 582. The van der Waals surface area contributed by atoms with Gasteiger partial charge >= 0.3 is 0 Å². The largest absolute Gasteiger partial charge is 0.350 e. The first-order valence-corrected chi connectivity index (χ1v) is 8.28. The maximum Gasteiger partial charge on any atom is 0.239 e. The van der Waals surface area contributed by atoms with E-state index in [0.29, 0.717) is 18.4 Å². The Morgan fingerprint density at radius 1 is 1.42 bits per heavy atom. The number of amides is 1. The van der Waals surface area contributed by atoms with Crippen LogP contribution >= 0.6 is 0 Å². The Kier molecular flexibility index (Phi) is 6.81. The minimum absolute atomic E-state index is 0.0544. The lowest BCUT2D eigenvalue weighted by molar-refractivity contribution is -0.121. The van der Waals surface area contributed by atoms with Gasteiger partial charge in [-0.25, -0.2) is 0 Å². The fraction of sp³-hybridized carbons (Fsp3) is 0.706. The summed E-state index contributed by atoms with van der Waals surface area (Å²) in [6.45, 7) is 11.0. The Morgan fingerprint density at radius 3 is 2.54 bits per heavy atom. The van der Waals surface area contributed by atoms with E-state index in [1.54, 1.807) is 7.05 Å². The smallest absolute Gasteiger partial charge is 0.239 e. The molecule has 0 aromatic carbocycles. The molecule has 1 rings (SSSR count). The zero-order chi connectivity index (χ0) is 18.5. The molecule has 1 amide bonds. The molecule has 0 radical (unpaired) electrons. The van der Waals surface area contributed by atoms with Gasteiger partial charge in [0, 0.05) is 45.0 Å². The van der Waals surface area contributed by atoms with Crippen molar-refractivity contribution >= 4 is 11.9 Å². The van der Waals surface area contributed by atoms with Gasteiger partial charge < -0.3 is 15.5 Å². The van der Waals surface area contributed by atoms with Crippen molar-refractivity contribution in [3.8, 4) is 0 Å². The van der Waals surface area contributed by atoms with Gasteiger partial charge in [0.15, 0.2) is 5.96 Å². The molecular weight excluding hydrogens is 304 g/mol. The number of hydrogen-bond acceptors (Lipinski definition) is 3. The lowest BCUT2D eigenvalue weighted by atomic mass is 10.1. The monoisotopic (exact) mass is 336 g/mol. The number of aromatic nitrogens is 2. The fourth-order valence-electron chi connectivity index (χ4n) is 2.50. The van der Waals surface area contributed by atoms with E-state index in [0.717, 1.165) is 11.3 Å². The first kappa shape index (κ1) is 20.0. The van der Waals surface area contributed by atoms with Gasteiger partial charge in [-0.2, -0.15) is 5.10 Å². The van der Waals surface area contributed by atoms with Crippen LogP contribution in [0.3, 0.4) is 0 Å². The number of hydrogen-bond donors (Lipinski definition) is 2. The van der Waals surface area contributed by atoms with Crippen LogP contribution in [-0.4, -0.2) is 52.7 Å². The average molecular weight is 336 g/mol. The zero-order valence-corrected chi connectivity index (χ0v) is 16.3. The molecule has 0 spiro atoms. The van der Waals surface area contributed by atoms with Crippen molar-refractivity contribution in [3.05, 3.63) is 17.5 Å². The number of nitrogens with zero attached hydrogens (tertiary/aromatic N) is 4. The third kappa shape index (κ3) is 6.22. The second kappa shape index (κ2) is 8.17. The fourth-order valence-corrected chi connectivity index (χ4v) is 2.50. The number of carbonyl (C=O) groups is 1. The van der Waals surface area contributed by atoms with Crippen LogP contribution < -0.4 is 10.6 Å². The topological polar surface area (TPSA) is 74.6 Å². The molecule has 0 fully saturated rings. The number of nitrogens with one attached hydrogen (secondary N) is 2. The summed E-state index contributed by atoms with van der Waals surface area (Å²) < 4.78 is 1.84. The molecule has 2 N–H and O–H groups in total. The molecule has 7 heteroatoms. The molecule has 0 saturated carbocycles. The Labute approximate surface area is 145 Å². The minimum atomic E-state index is -0.240. The van der Waals surface area contributed by atoms with Gasteiger partial charge in [-0.15, -0.1) is 0 Å². The van der Waals surface area contributed by atoms with E-state index >= 15 is 0 Å². The molecule has 0 atom stereocenters. The summed E-state index contributed by atoms with van der Waals surface area (Å²) in [5.41, 5.74) is 2.01. The number of carbonyl (C=O) groups excluding carboxylic acids is 1. The molecule has 24 heavy (non-hydrogen) atoms. The molecule has 0 saturated heterocycles. The maximum atomic E-state index is 11.9. The lowest BCUT2D eigenvalue weighted by Crippen LogP contribution is -2.48. The highest BCUT2D eigenvalue weighted by Crippen LogP contribution is 2.18. The van der Waals surface area contributed by atoms with Gasteiger partial charge in [-0.1, -0.05) is 13.8 Å². The van der Waals surface area contributed by atoms with E-state index in [1.165, 1.54) is 0 Å². The van der Waals surface area contributed by atoms with E-state index in [-0.39, 0.29) is 18.0 Å². The molecule has 0 aliphatic rings. The highest BCUT2D eigenvalue weighted by atomic mass is 16.2. The first-order chi connectivity index (χ1) is 11.0. The van der Waals surface area contributed by atoms with Crippen LogP contribution in [0, 0.1) is 0 Å². The Morgan fingerprint density at radius 2 is 2.04 bits per heavy atom. The molecule has 0 aliphatic carbocycles. The van der Waals surface area contributed by atoms with Crippen molar-refractivity contribution in [2.75, 3.05) is 20.6 Å². The van der Waals surface area contributed by atoms with Crippen molar-refractivity contribution in [1.29, 1.82) is 0 Å². The number of aliphatic imine (C=N–C) groups is 1. The summed E-state index contributed by atoms with van der Waals surface area (Å²) in [6, 6.07) is 0. The highest BCUT2D eigenvalue weighted by molar-refractivity contribution is 5.86. The molecule has 0 bridgehead atoms. The van der Waals surface area contributed by atoms with Crippen molar-refractivity contribution < 1.29 is 4.79 Å². The number of rotatable bonds is 5. The standard InChI is InChI=1S/C17H32N6O/c1-12(2)15-13(11-23(8)21-15)10-22(7)16(18-6)19-9-14(24)20-17(3,4)5/h11-12H,9-10H2,1-8H3,(H,18,19)(H,20,24). The van der Waals surface area contributed by atoms with Crippen LogP contribution in [0.4, 0.5) is 0 Å². The van der Waals surface area contributed by atoms with Gasteiger partial charge in [0.1, 0.15) is 0 Å². The van der Waals surface area contributed by atoms with E-state index < -0.39 is 0 Å². The van der Waals surface area contributed by atoms with Crippen LogP contribution in [-0.2, 0) is 18.4 Å². The normalized spacial score (nSPS) is 12.5. The van der Waals surface area contributed by atoms with Crippen LogP contribution in [0.1, 0.15) is 51.8 Å². The van der Waals surface area contributed by atoms with E-state index in [9.17, 15) is 4.79 Å². The molecule has 1 heterocycles. The van der Waals surface area contributed by atoms with Crippen molar-refractivity contribution in [3.63, 3.8) is 0 Å². The summed E-state index contributed by atoms with van der Waals surface area (Å²) in [4.78, 5) is 18.2. The predicted octanol–water partition coefficient (Wildman–Crippen LogP) is 1.47. The summed E-state index contributed by atoms with van der Waals surface area (Å²) in [5, 5.41) is 10.6. The molecular formula is C17H32N6O. The van der Waals surface area contributed by atoms with Gasteiger partial charge in [-0.05, 0) is 26.7 Å². The SMILES string of the molecule is CN=C(NCC(=O)NC(C)(C)C)N(C)Cc1cn(C)nc1C(C)C. The maximum absolute atomic E-state index is 11.9. The number of guanidine groups is 1. The summed E-state index contributed by atoms with van der Waals surface area (Å²) in [6.07, 6.45) is 2.03. The third-order valence-corrected chi connectivity index (χ3v) is 3.39.